The summed E-state index contributed by atoms with van der Waals surface area (Å²) in [6.07, 6.45) is 0.258. The number of hydroxylamine groups is 1. The first-order valence-corrected chi connectivity index (χ1v) is 6.79. The molecule has 0 aromatic heterocycles. The van der Waals surface area contributed by atoms with Crippen LogP contribution >= 0.6 is 0 Å². The lowest BCUT2D eigenvalue weighted by Gasteiger charge is -2.22. The van der Waals surface area contributed by atoms with E-state index in [-0.39, 0.29) is 0 Å². The minimum Gasteiger partial charge on any atom is -0.444 e. The Morgan fingerprint density at radius 2 is 1.86 bits per heavy atom. The highest BCUT2D eigenvalue weighted by molar-refractivity contribution is 5.84. The lowest BCUT2D eigenvalue weighted by Crippen LogP contribution is -2.47. The zero-order valence-electron chi connectivity index (χ0n) is 12.6. The van der Waals surface area contributed by atoms with Crippen molar-refractivity contribution < 1.29 is 19.5 Å². The second kappa shape index (κ2) is 7.64. The van der Waals surface area contributed by atoms with Crippen LogP contribution in [0.1, 0.15) is 32.8 Å². The smallest absolute Gasteiger partial charge is 0.408 e. The van der Waals surface area contributed by atoms with Gasteiger partial charge in [-0.3, -0.25) is 10.0 Å². The quantitative estimate of drug-likeness (QED) is 0.572. The van der Waals surface area contributed by atoms with Crippen LogP contribution in [0.5, 0.6) is 0 Å². The summed E-state index contributed by atoms with van der Waals surface area (Å²) in [5.74, 6) is -0.670. The predicted molar refractivity (Wildman–Crippen MR) is 77.8 cm³/mol. The van der Waals surface area contributed by atoms with Crippen molar-refractivity contribution in [2.24, 2.45) is 0 Å². The van der Waals surface area contributed by atoms with E-state index in [1.807, 2.05) is 30.3 Å². The van der Waals surface area contributed by atoms with Crippen molar-refractivity contribution >= 4 is 12.0 Å². The molecule has 0 aliphatic heterocycles. The molecule has 0 bridgehead atoms. The fraction of sp³-hybridized carbons (Fsp3) is 0.467. The summed E-state index contributed by atoms with van der Waals surface area (Å²) in [6, 6.07) is 8.71. The molecule has 0 heterocycles. The molecule has 1 rings (SSSR count). The first-order valence-electron chi connectivity index (χ1n) is 6.79. The SMILES string of the molecule is CC(C)(C)OC(=O)N[C@H](CCc1ccccc1)C(=O)NO. The Morgan fingerprint density at radius 1 is 1.24 bits per heavy atom. The average molecular weight is 294 g/mol. The Balaban J connectivity index is 2.60. The van der Waals surface area contributed by atoms with Crippen LogP contribution in [0.3, 0.4) is 0 Å². The van der Waals surface area contributed by atoms with E-state index in [9.17, 15) is 9.59 Å². The Labute approximate surface area is 124 Å². The summed E-state index contributed by atoms with van der Waals surface area (Å²) in [7, 11) is 0. The summed E-state index contributed by atoms with van der Waals surface area (Å²) < 4.78 is 5.10. The number of alkyl carbamates (subject to hydrolysis) is 1. The Bertz CT molecular complexity index is 468. The van der Waals surface area contributed by atoms with E-state index in [2.05, 4.69) is 5.32 Å². The molecule has 2 amide bonds. The maximum absolute atomic E-state index is 11.7. The van der Waals surface area contributed by atoms with Crippen molar-refractivity contribution in [3.05, 3.63) is 35.9 Å². The highest BCUT2D eigenvalue weighted by Gasteiger charge is 2.23. The molecule has 0 saturated heterocycles. The molecular weight excluding hydrogens is 272 g/mol. The molecule has 1 atom stereocenters. The third-order valence-corrected chi connectivity index (χ3v) is 2.68. The molecule has 0 aliphatic rings. The molecular formula is C15H22N2O4. The fourth-order valence-corrected chi connectivity index (χ4v) is 1.75. The molecule has 6 nitrogen and oxygen atoms in total. The second-order valence-corrected chi connectivity index (χ2v) is 5.70. The van der Waals surface area contributed by atoms with Crippen molar-refractivity contribution in [2.75, 3.05) is 0 Å². The Morgan fingerprint density at radius 3 is 2.38 bits per heavy atom. The summed E-state index contributed by atoms with van der Waals surface area (Å²) in [5.41, 5.74) is 1.95. The molecule has 3 N–H and O–H groups in total. The van der Waals surface area contributed by atoms with Crippen LogP contribution in [0.2, 0.25) is 0 Å². The monoisotopic (exact) mass is 294 g/mol. The van der Waals surface area contributed by atoms with Crippen molar-refractivity contribution in [3.8, 4) is 0 Å². The average Bonchev–Trinajstić information content (AvgIpc) is 2.41. The van der Waals surface area contributed by atoms with Crippen molar-refractivity contribution in [3.63, 3.8) is 0 Å². The van der Waals surface area contributed by atoms with Crippen molar-refractivity contribution in [1.82, 2.24) is 10.8 Å². The van der Waals surface area contributed by atoms with Crippen molar-refractivity contribution in [2.45, 2.75) is 45.3 Å². The molecule has 116 valence electrons. The number of aryl methyl sites for hydroxylation is 1. The zero-order chi connectivity index (χ0) is 15.9. The van der Waals surface area contributed by atoms with Crippen LogP contribution in [0.25, 0.3) is 0 Å². The highest BCUT2D eigenvalue weighted by Crippen LogP contribution is 2.09. The topological polar surface area (TPSA) is 87.7 Å². The van der Waals surface area contributed by atoms with Crippen LogP contribution in [0.15, 0.2) is 30.3 Å². The van der Waals surface area contributed by atoms with Gasteiger partial charge in [0.1, 0.15) is 11.6 Å². The molecule has 21 heavy (non-hydrogen) atoms. The van der Waals surface area contributed by atoms with Gasteiger partial charge in [0.05, 0.1) is 0 Å². The largest absolute Gasteiger partial charge is 0.444 e. The van der Waals surface area contributed by atoms with Crippen LogP contribution in [0, 0.1) is 0 Å². The van der Waals surface area contributed by atoms with Gasteiger partial charge in [0.2, 0.25) is 0 Å². The summed E-state index contributed by atoms with van der Waals surface area (Å²) >= 11 is 0. The van der Waals surface area contributed by atoms with E-state index in [4.69, 9.17) is 9.94 Å². The third-order valence-electron chi connectivity index (χ3n) is 2.68. The van der Waals surface area contributed by atoms with E-state index >= 15 is 0 Å². The van der Waals surface area contributed by atoms with Crippen LogP contribution in [-0.4, -0.2) is 28.9 Å². The van der Waals surface area contributed by atoms with Gasteiger partial charge in [0.15, 0.2) is 0 Å². The number of benzene rings is 1. The van der Waals surface area contributed by atoms with Crippen LogP contribution < -0.4 is 10.8 Å². The maximum atomic E-state index is 11.7. The number of nitrogens with one attached hydrogen (secondary N) is 2. The van der Waals surface area contributed by atoms with Gasteiger partial charge in [-0.05, 0) is 39.2 Å². The number of rotatable bonds is 5. The molecule has 0 saturated carbocycles. The van der Waals surface area contributed by atoms with Gasteiger partial charge in [-0.25, -0.2) is 10.3 Å². The number of hydrogen-bond acceptors (Lipinski definition) is 4. The predicted octanol–water partition coefficient (Wildman–Crippen LogP) is 2.02. The van der Waals surface area contributed by atoms with Crippen LogP contribution in [-0.2, 0) is 16.0 Å². The number of amides is 2. The van der Waals surface area contributed by atoms with Gasteiger partial charge in [-0.1, -0.05) is 30.3 Å². The first kappa shape index (κ1) is 17.0. The third kappa shape index (κ3) is 6.76. The minimum atomic E-state index is -0.856. The first-order chi connectivity index (χ1) is 9.81. The number of carbonyl (C=O) groups excluding carboxylic acids is 2. The normalized spacial score (nSPS) is 12.4. The van der Waals surface area contributed by atoms with Gasteiger partial charge >= 0.3 is 6.09 Å². The number of hydrogen-bond donors (Lipinski definition) is 3. The Kier molecular flexibility index (Phi) is 6.17. The highest BCUT2D eigenvalue weighted by atomic mass is 16.6. The van der Waals surface area contributed by atoms with Gasteiger partial charge in [-0.15, -0.1) is 0 Å². The minimum absolute atomic E-state index is 0.357. The zero-order valence-corrected chi connectivity index (χ0v) is 12.6. The lowest BCUT2D eigenvalue weighted by atomic mass is 10.1. The van der Waals surface area contributed by atoms with E-state index < -0.39 is 23.6 Å². The van der Waals surface area contributed by atoms with Gasteiger partial charge < -0.3 is 10.1 Å². The Hall–Kier alpha value is -2.08. The number of ether oxygens (including phenoxy) is 1. The molecule has 1 aromatic rings. The molecule has 0 radical (unpaired) electrons. The van der Waals surface area contributed by atoms with Crippen molar-refractivity contribution in [1.29, 1.82) is 0 Å². The standard InChI is InChI=1S/C15H22N2O4/c1-15(2,3)21-14(19)16-12(13(18)17-20)10-9-11-7-5-4-6-8-11/h4-8,12,20H,9-10H2,1-3H3,(H,16,19)(H,17,18)/t12-/m1/s1. The number of carbonyl (C=O) groups is 2. The van der Waals surface area contributed by atoms with Gasteiger partial charge in [-0.2, -0.15) is 0 Å². The van der Waals surface area contributed by atoms with E-state index in [1.54, 1.807) is 26.3 Å². The lowest BCUT2D eigenvalue weighted by molar-refractivity contribution is -0.131. The maximum Gasteiger partial charge on any atom is 0.408 e. The molecule has 0 unspecified atom stereocenters. The van der Waals surface area contributed by atoms with Gasteiger partial charge in [0.25, 0.3) is 5.91 Å². The van der Waals surface area contributed by atoms with Gasteiger partial charge in [0, 0.05) is 0 Å². The van der Waals surface area contributed by atoms with E-state index in [0.29, 0.717) is 12.8 Å². The summed E-state index contributed by atoms with van der Waals surface area (Å²) in [6.45, 7) is 5.20. The molecule has 0 fully saturated rings. The van der Waals surface area contributed by atoms with Crippen LogP contribution in [0.4, 0.5) is 4.79 Å². The molecule has 6 heteroatoms. The molecule has 0 spiro atoms. The summed E-state index contributed by atoms with van der Waals surface area (Å²) in [4.78, 5) is 23.3. The molecule has 1 aromatic carbocycles. The van der Waals surface area contributed by atoms with E-state index in [1.165, 1.54) is 0 Å². The van der Waals surface area contributed by atoms with E-state index in [0.717, 1.165) is 5.56 Å². The fourth-order valence-electron chi connectivity index (χ4n) is 1.75. The summed E-state index contributed by atoms with van der Waals surface area (Å²) in [5, 5.41) is 11.2. The molecule has 0 aliphatic carbocycles. The second-order valence-electron chi connectivity index (χ2n) is 5.70.